The summed E-state index contributed by atoms with van der Waals surface area (Å²) in [6.07, 6.45) is 1.01. The fourth-order valence-electron chi connectivity index (χ4n) is 1.26. The van der Waals surface area contributed by atoms with Gasteiger partial charge in [0.2, 0.25) is 3.83 Å². The van der Waals surface area contributed by atoms with Gasteiger partial charge in [-0.15, -0.1) is 0 Å². The van der Waals surface area contributed by atoms with E-state index in [2.05, 4.69) is 38.9 Å². The Labute approximate surface area is 112 Å². The molecule has 84 valence electrons. The third-order valence-electron chi connectivity index (χ3n) is 1.96. The number of nitrogens with zero attached hydrogens (tertiary/aromatic N) is 2. The standard InChI is InChI=1S/C11H11IN2OS/c1-2-6-15-9-5-3-4-8(7-9)10-13-11(12)14-16-10/h3-5,7H,2,6H2,1H3. The van der Waals surface area contributed by atoms with Gasteiger partial charge in [0.25, 0.3) is 0 Å². The lowest BCUT2D eigenvalue weighted by Crippen LogP contribution is -1.94. The minimum Gasteiger partial charge on any atom is -0.494 e. The molecule has 2 aromatic rings. The number of hydrogen-bond acceptors (Lipinski definition) is 4. The summed E-state index contributed by atoms with van der Waals surface area (Å²) in [6.45, 7) is 2.84. The molecule has 0 radical (unpaired) electrons. The molecule has 0 aliphatic rings. The van der Waals surface area contributed by atoms with Crippen molar-refractivity contribution in [3.8, 4) is 16.3 Å². The fraction of sp³-hybridized carbons (Fsp3) is 0.273. The van der Waals surface area contributed by atoms with Crippen molar-refractivity contribution in [2.45, 2.75) is 13.3 Å². The van der Waals surface area contributed by atoms with Gasteiger partial charge in [-0.1, -0.05) is 19.1 Å². The Bertz CT molecular complexity index is 473. The predicted octanol–water partition coefficient (Wildman–Crippen LogP) is 3.60. The summed E-state index contributed by atoms with van der Waals surface area (Å²) < 4.78 is 10.5. The van der Waals surface area contributed by atoms with Crippen LogP contribution in [0, 0.1) is 3.83 Å². The normalized spacial score (nSPS) is 10.4. The molecule has 0 saturated carbocycles. The molecule has 0 spiro atoms. The SMILES string of the molecule is CCCOc1cccc(-c2nc(I)ns2)c1. The van der Waals surface area contributed by atoms with Crippen LogP contribution >= 0.6 is 34.1 Å². The van der Waals surface area contributed by atoms with Crippen molar-refractivity contribution in [2.75, 3.05) is 6.61 Å². The summed E-state index contributed by atoms with van der Waals surface area (Å²) in [5.41, 5.74) is 1.06. The van der Waals surface area contributed by atoms with Gasteiger partial charge in [0.15, 0.2) is 0 Å². The van der Waals surface area contributed by atoms with Gasteiger partial charge in [-0.05, 0) is 30.1 Å². The predicted molar refractivity (Wildman–Crippen MR) is 73.8 cm³/mol. The van der Waals surface area contributed by atoms with Gasteiger partial charge in [-0.2, -0.15) is 4.37 Å². The second-order valence-corrected chi connectivity index (χ2v) is 4.96. The van der Waals surface area contributed by atoms with Crippen LogP contribution in [-0.2, 0) is 0 Å². The second-order valence-electron chi connectivity index (χ2n) is 3.24. The summed E-state index contributed by atoms with van der Waals surface area (Å²) in [7, 11) is 0. The Balaban J connectivity index is 2.22. The highest BCUT2D eigenvalue weighted by molar-refractivity contribution is 14.1. The molecular formula is C11H11IN2OS. The second kappa shape index (κ2) is 5.58. The Morgan fingerprint density at radius 3 is 3.00 bits per heavy atom. The third kappa shape index (κ3) is 2.91. The molecule has 0 bridgehead atoms. The van der Waals surface area contributed by atoms with Crippen LogP contribution in [0.5, 0.6) is 5.75 Å². The Kier molecular flexibility index (Phi) is 4.11. The largest absolute Gasteiger partial charge is 0.494 e. The first-order valence-electron chi connectivity index (χ1n) is 5.02. The lowest BCUT2D eigenvalue weighted by atomic mass is 10.2. The average molecular weight is 346 g/mol. The van der Waals surface area contributed by atoms with E-state index in [-0.39, 0.29) is 0 Å². The topological polar surface area (TPSA) is 35.0 Å². The molecule has 1 aromatic carbocycles. The van der Waals surface area contributed by atoms with Crippen LogP contribution in [0.15, 0.2) is 24.3 Å². The summed E-state index contributed by atoms with van der Waals surface area (Å²) in [6, 6.07) is 7.97. The average Bonchev–Trinajstić information content (AvgIpc) is 2.74. The van der Waals surface area contributed by atoms with Crippen LogP contribution in [0.4, 0.5) is 0 Å². The lowest BCUT2D eigenvalue weighted by Gasteiger charge is -2.04. The summed E-state index contributed by atoms with van der Waals surface area (Å²) in [5.74, 6) is 0.893. The monoisotopic (exact) mass is 346 g/mol. The number of ether oxygens (including phenoxy) is 1. The van der Waals surface area contributed by atoms with Crippen molar-refractivity contribution in [3.05, 3.63) is 28.1 Å². The van der Waals surface area contributed by atoms with Gasteiger partial charge in [-0.3, -0.25) is 0 Å². The number of aromatic nitrogens is 2. The Morgan fingerprint density at radius 2 is 2.31 bits per heavy atom. The van der Waals surface area contributed by atoms with Crippen molar-refractivity contribution in [3.63, 3.8) is 0 Å². The van der Waals surface area contributed by atoms with Gasteiger partial charge in [0, 0.05) is 28.2 Å². The van der Waals surface area contributed by atoms with Crippen molar-refractivity contribution in [1.29, 1.82) is 0 Å². The lowest BCUT2D eigenvalue weighted by molar-refractivity contribution is 0.317. The molecule has 0 fully saturated rings. The number of benzene rings is 1. The maximum absolute atomic E-state index is 5.58. The molecule has 0 aliphatic heterocycles. The Hall–Kier alpha value is -0.690. The molecular weight excluding hydrogens is 335 g/mol. The van der Waals surface area contributed by atoms with E-state index in [0.717, 1.165) is 33.2 Å². The molecule has 5 heteroatoms. The quantitative estimate of drug-likeness (QED) is 0.794. The van der Waals surface area contributed by atoms with E-state index in [0.29, 0.717) is 0 Å². The van der Waals surface area contributed by atoms with Crippen LogP contribution in [0.2, 0.25) is 0 Å². The first kappa shape index (κ1) is 11.8. The first-order chi connectivity index (χ1) is 7.79. The third-order valence-corrected chi connectivity index (χ3v) is 3.53. The van der Waals surface area contributed by atoms with Crippen molar-refractivity contribution < 1.29 is 4.74 Å². The summed E-state index contributed by atoms with van der Waals surface area (Å²) in [5, 5.41) is 0.936. The molecule has 0 aliphatic carbocycles. The highest BCUT2D eigenvalue weighted by Gasteiger charge is 2.05. The van der Waals surface area contributed by atoms with E-state index in [1.54, 1.807) is 0 Å². The molecule has 0 unspecified atom stereocenters. The Morgan fingerprint density at radius 1 is 1.44 bits per heavy atom. The molecule has 1 heterocycles. The van der Waals surface area contributed by atoms with Gasteiger partial charge in [0.05, 0.1) is 6.61 Å². The summed E-state index contributed by atoms with van der Waals surface area (Å²) >= 11 is 3.53. The molecule has 0 amide bonds. The smallest absolute Gasteiger partial charge is 0.203 e. The van der Waals surface area contributed by atoms with Gasteiger partial charge < -0.3 is 4.74 Å². The van der Waals surface area contributed by atoms with E-state index < -0.39 is 0 Å². The fourth-order valence-corrected chi connectivity index (χ4v) is 2.52. The molecule has 0 N–H and O–H groups in total. The number of halogens is 1. The molecule has 16 heavy (non-hydrogen) atoms. The van der Waals surface area contributed by atoms with Crippen LogP contribution in [0.25, 0.3) is 10.6 Å². The van der Waals surface area contributed by atoms with Gasteiger partial charge >= 0.3 is 0 Å². The maximum atomic E-state index is 5.58. The number of hydrogen-bond donors (Lipinski definition) is 0. The van der Waals surface area contributed by atoms with E-state index in [1.165, 1.54) is 11.5 Å². The van der Waals surface area contributed by atoms with Crippen LogP contribution in [0.1, 0.15) is 13.3 Å². The van der Waals surface area contributed by atoms with Crippen molar-refractivity contribution in [2.24, 2.45) is 0 Å². The van der Waals surface area contributed by atoms with Gasteiger partial charge in [0.1, 0.15) is 10.8 Å². The number of rotatable bonds is 4. The molecule has 3 nitrogen and oxygen atoms in total. The maximum Gasteiger partial charge on any atom is 0.203 e. The zero-order valence-electron chi connectivity index (χ0n) is 8.81. The van der Waals surface area contributed by atoms with Gasteiger partial charge in [-0.25, -0.2) is 4.98 Å². The van der Waals surface area contributed by atoms with Crippen molar-refractivity contribution in [1.82, 2.24) is 9.36 Å². The van der Waals surface area contributed by atoms with E-state index in [1.807, 2.05) is 24.3 Å². The highest BCUT2D eigenvalue weighted by atomic mass is 127. The van der Waals surface area contributed by atoms with Crippen LogP contribution in [-0.4, -0.2) is 16.0 Å². The van der Waals surface area contributed by atoms with E-state index in [9.17, 15) is 0 Å². The molecule has 2 rings (SSSR count). The van der Waals surface area contributed by atoms with Crippen LogP contribution < -0.4 is 4.74 Å². The highest BCUT2D eigenvalue weighted by Crippen LogP contribution is 2.25. The molecule has 1 aromatic heterocycles. The first-order valence-corrected chi connectivity index (χ1v) is 6.87. The van der Waals surface area contributed by atoms with Crippen LogP contribution in [0.3, 0.4) is 0 Å². The van der Waals surface area contributed by atoms with E-state index in [4.69, 9.17) is 4.74 Å². The molecule has 0 saturated heterocycles. The minimum atomic E-state index is 0.747. The zero-order chi connectivity index (χ0) is 11.4. The molecule has 0 atom stereocenters. The minimum absolute atomic E-state index is 0.747. The summed E-state index contributed by atoms with van der Waals surface area (Å²) in [4.78, 5) is 4.34. The van der Waals surface area contributed by atoms with E-state index >= 15 is 0 Å². The zero-order valence-corrected chi connectivity index (χ0v) is 11.8. The van der Waals surface area contributed by atoms with Crippen molar-refractivity contribution >= 4 is 34.1 Å².